The minimum absolute atomic E-state index is 0.0878. The van der Waals surface area contributed by atoms with Crippen LogP contribution in [0.25, 0.3) is 0 Å². The van der Waals surface area contributed by atoms with Gasteiger partial charge in [-0.25, -0.2) is 0 Å². The van der Waals surface area contributed by atoms with Crippen molar-refractivity contribution in [3.8, 4) is 11.5 Å². The molecule has 1 aliphatic carbocycles. The van der Waals surface area contributed by atoms with Crippen molar-refractivity contribution in [1.29, 1.82) is 0 Å². The van der Waals surface area contributed by atoms with Crippen LogP contribution in [0.15, 0.2) is 36.4 Å². The van der Waals surface area contributed by atoms with E-state index in [4.69, 9.17) is 9.47 Å². The molecule has 0 spiro atoms. The Morgan fingerprint density at radius 2 is 1.65 bits per heavy atom. The summed E-state index contributed by atoms with van der Waals surface area (Å²) in [5.41, 5.74) is 3.95. The number of hydrogen-bond donors (Lipinski definition) is 1. The molecule has 0 unspecified atom stereocenters. The second-order valence-corrected chi connectivity index (χ2v) is 7.05. The van der Waals surface area contributed by atoms with Crippen molar-refractivity contribution in [2.75, 3.05) is 18.5 Å². The smallest absolute Gasteiger partial charge is 0.235 e. The molecule has 0 saturated heterocycles. The second kappa shape index (κ2) is 6.67. The van der Waals surface area contributed by atoms with Gasteiger partial charge in [-0.1, -0.05) is 38.1 Å². The summed E-state index contributed by atoms with van der Waals surface area (Å²) >= 11 is 0. The Morgan fingerprint density at radius 3 is 2.27 bits per heavy atom. The van der Waals surface area contributed by atoms with E-state index >= 15 is 0 Å². The van der Waals surface area contributed by atoms with Gasteiger partial charge in [0.2, 0.25) is 5.91 Å². The first kappa shape index (κ1) is 17.0. The molecule has 1 heterocycles. The summed E-state index contributed by atoms with van der Waals surface area (Å²) in [7, 11) is 0. The fraction of sp³-hybridized carbons (Fsp3) is 0.409. The molecule has 26 heavy (non-hydrogen) atoms. The first-order valence-electron chi connectivity index (χ1n) is 9.50. The standard InChI is InChI=1S/C22H25NO3/c1-3-15-6-5-7-16(4-2)20(15)23-21(24)22(10-11-22)17-8-9-18-19(14-17)26-13-12-25-18/h5-9,14H,3-4,10-13H2,1-2H3,(H,23,24). The third-order valence-electron chi connectivity index (χ3n) is 5.52. The Labute approximate surface area is 154 Å². The zero-order chi connectivity index (χ0) is 18.1. The van der Waals surface area contributed by atoms with E-state index in [0.717, 1.165) is 48.4 Å². The average Bonchev–Trinajstić information content (AvgIpc) is 3.50. The zero-order valence-corrected chi connectivity index (χ0v) is 15.4. The number of benzene rings is 2. The molecule has 2 aliphatic rings. The lowest BCUT2D eigenvalue weighted by atomic mass is 9.93. The maximum atomic E-state index is 13.2. The summed E-state index contributed by atoms with van der Waals surface area (Å²) in [6, 6.07) is 12.2. The first-order chi connectivity index (χ1) is 12.7. The molecule has 0 bridgehead atoms. The van der Waals surface area contributed by atoms with Gasteiger partial charge in [0.1, 0.15) is 13.2 Å². The molecule has 0 aromatic heterocycles. The lowest BCUT2D eigenvalue weighted by Crippen LogP contribution is -2.29. The van der Waals surface area contributed by atoms with Crippen LogP contribution in [0.2, 0.25) is 0 Å². The van der Waals surface area contributed by atoms with Crippen LogP contribution in [-0.2, 0) is 23.1 Å². The van der Waals surface area contributed by atoms with E-state index in [1.807, 2.05) is 18.2 Å². The highest BCUT2D eigenvalue weighted by atomic mass is 16.6. The van der Waals surface area contributed by atoms with Crippen LogP contribution in [0, 0.1) is 0 Å². The number of para-hydroxylation sites is 1. The van der Waals surface area contributed by atoms with Crippen LogP contribution in [0.3, 0.4) is 0 Å². The predicted molar refractivity (Wildman–Crippen MR) is 102 cm³/mol. The molecule has 4 nitrogen and oxygen atoms in total. The van der Waals surface area contributed by atoms with Crippen LogP contribution in [0.1, 0.15) is 43.4 Å². The van der Waals surface area contributed by atoms with E-state index in [1.165, 1.54) is 11.1 Å². The third kappa shape index (κ3) is 2.83. The van der Waals surface area contributed by atoms with E-state index in [9.17, 15) is 4.79 Å². The summed E-state index contributed by atoms with van der Waals surface area (Å²) in [4.78, 5) is 13.2. The topological polar surface area (TPSA) is 47.6 Å². The fourth-order valence-electron chi connectivity index (χ4n) is 3.75. The molecule has 2 aromatic rings. The highest BCUT2D eigenvalue weighted by Crippen LogP contribution is 2.51. The van der Waals surface area contributed by atoms with Gasteiger partial charge in [0.25, 0.3) is 0 Å². The molecule has 0 atom stereocenters. The van der Waals surface area contributed by atoms with Crippen molar-refractivity contribution in [3.63, 3.8) is 0 Å². The van der Waals surface area contributed by atoms with Crippen molar-refractivity contribution < 1.29 is 14.3 Å². The number of fused-ring (bicyclic) bond motifs is 1. The molecular formula is C22H25NO3. The van der Waals surface area contributed by atoms with E-state index in [2.05, 4.69) is 37.4 Å². The van der Waals surface area contributed by atoms with E-state index in [-0.39, 0.29) is 5.91 Å². The van der Waals surface area contributed by atoms with Crippen molar-refractivity contribution in [2.45, 2.75) is 44.9 Å². The van der Waals surface area contributed by atoms with Crippen LogP contribution < -0.4 is 14.8 Å². The molecular weight excluding hydrogens is 326 g/mol. The van der Waals surface area contributed by atoms with Gasteiger partial charge in [0, 0.05) is 5.69 Å². The van der Waals surface area contributed by atoms with Gasteiger partial charge in [-0.15, -0.1) is 0 Å². The SMILES string of the molecule is CCc1cccc(CC)c1NC(=O)C1(c2ccc3c(c2)OCCO3)CC1. The Kier molecular flexibility index (Phi) is 4.35. The normalized spacial score (nSPS) is 16.8. The highest BCUT2D eigenvalue weighted by Gasteiger charge is 2.51. The number of hydrogen-bond acceptors (Lipinski definition) is 3. The molecule has 1 amide bonds. The monoisotopic (exact) mass is 351 g/mol. The van der Waals surface area contributed by atoms with Crippen LogP contribution in [-0.4, -0.2) is 19.1 Å². The minimum atomic E-state index is -0.443. The zero-order valence-electron chi connectivity index (χ0n) is 15.4. The van der Waals surface area contributed by atoms with Gasteiger partial charge in [-0.2, -0.15) is 0 Å². The van der Waals surface area contributed by atoms with Crippen LogP contribution in [0.4, 0.5) is 5.69 Å². The van der Waals surface area contributed by atoms with Crippen LogP contribution in [0.5, 0.6) is 11.5 Å². The molecule has 1 aliphatic heterocycles. The van der Waals surface area contributed by atoms with Gasteiger partial charge in [-0.05, 0) is 54.5 Å². The first-order valence-corrected chi connectivity index (χ1v) is 9.50. The molecule has 136 valence electrons. The maximum absolute atomic E-state index is 13.2. The van der Waals surface area contributed by atoms with Crippen molar-refractivity contribution in [2.24, 2.45) is 0 Å². The van der Waals surface area contributed by atoms with E-state index in [0.29, 0.717) is 13.2 Å². The average molecular weight is 351 g/mol. The highest BCUT2D eigenvalue weighted by molar-refractivity contribution is 6.02. The van der Waals surface area contributed by atoms with Crippen molar-refractivity contribution in [3.05, 3.63) is 53.1 Å². The molecule has 4 rings (SSSR count). The number of ether oxygens (including phenoxy) is 2. The van der Waals surface area contributed by atoms with Gasteiger partial charge < -0.3 is 14.8 Å². The number of amides is 1. The van der Waals surface area contributed by atoms with Gasteiger partial charge in [0.05, 0.1) is 5.41 Å². The number of aryl methyl sites for hydroxylation is 2. The molecule has 1 N–H and O–H groups in total. The number of rotatable bonds is 5. The third-order valence-corrected chi connectivity index (χ3v) is 5.52. The lowest BCUT2D eigenvalue weighted by Gasteiger charge is -2.22. The van der Waals surface area contributed by atoms with Crippen molar-refractivity contribution in [1.82, 2.24) is 0 Å². The molecule has 2 aromatic carbocycles. The Balaban J connectivity index is 1.63. The van der Waals surface area contributed by atoms with Gasteiger partial charge in [0.15, 0.2) is 11.5 Å². The second-order valence-electron chi connectivity index (χ2n) is 7.05. The number of carbonyl (C=O) groups is 1. The largest absolute Gasteiger partial charge is 0.486 e. The summed E-state index contributed by atoms with van der Waals surface area (Å²) in [6.45, 7) is 5.38. The quantitative estimate of drug-likeness (QED) is 0.876. The minimum Gasteiger partial charge on any atom is -0.486 e. The molecule has 4 heteroatoms. The maximum Gasteiger partial charge on any atom is 0.235 e. The van der Waals surface area contributed by atoms with Crippen molar-refractivity contribution >= 4 is 11.6 Å². The summed E-state index contributed by atoms with van der Waals surface area (Å²) < 4.78 is 11.3. The fourth-order valence-corrected chi connectivity index (χ4v) is 3.75. The number of anilines is 1. The predicted octanol–water partition coefficient (Wildman–Crippen LogP) is 4.25. The number of carbonyl (C=O) groups excluding carboxylic acids is 1. The van der Waals surface area contributed by atoms with E-state index < -0.39 is 5.41 Å². The summed E-state index contributed by atoms with van der Waals surface area (Å²) in [6.07, 6.45) is 3.55. The Morgan fingerprint density at radius 1 is 1.00 bits per heavy atom. The Hall–Kier alpha value is -2.49. The molecule has 0 radical (unpaired) electrons. The van der Waals surface area contributed by atoms with Gasteiger partial charge >= 0.3 is 0 Å². The Bertz CT molecular complexity index is 817. The number of nitrogens with one attached hydrogen (secondary N) is 1. The van der Waals surface area contributed by atoms with Crippen LogP contribution >= 0.6 is 0 Å². The van der Waals surface area contributed by atoms with E-state index in [1.54, 1.807) is 0 Å². The molecule has 1 fully saturated rings. The summed E-state index contributed by atoms with van der Waals surface area (Å²) in [5, 5.41) is 3.25. The summed E-state index contributed by atoms with van der Waals surface area (Å²) in [5.74, 6) is 1.60. The van der Waals surface area contributed by atoms with Gasteiger partial charge in [-0.3, -0.25) is 4.79 Å². The lowest BCUT2D eigenvalue weighted by molar-refractivity contribution is -0.118. The molecule has 1 saturated carbocycles.